The maximum absolute atomic E-state index is 14.2. The zero-order chi connectivity index (χ0) is 15.5. The van der Waals surface area contributed by atoms with Crippen molar-refractivity contribution < 1.29 is 23.7 Å². The molecular formula is C14H20F2N2O3. The molecule has 1 aliphatic rings. The van der Waals surface area contributed by atoms with Crippen LogP contribution in [0.5, 0.6) is 11.5 Å². The van der Waals surface area contributed by atoms with Crippen molar-refractivity contribution in [3.63, 3.8) is 0 Å². The number of ether oxygens (including phenoxy) is 1. The highest BCUT2D eigenvalue weighted by Gasteiger charge is 2.45. The van der Waals surface area contributed by atoms with Crippen LogP contribution in [0.3, 0.4) is 0 Å². The van der Waals surface area contributed by atoms with Crippen molar-refractivity contribution in [2.45, 2.75) is 12.0 Å². The smallest absolute Gasteiger partial charge is 0.290 e. The van der Waals surface area contributed by atoms with Gasteiger partial charge < -0.3 is 20.3 Å². The first-order valence-corrected chi connectivity index (χ1v) is 6.80. The van der Waals surface area contributed by atoms with Crippen LogP contribution in [0.15, 0.2) is 18.2 Å². The van der Waals surface area contributed by atoms with E-state index in [1.54, 1.807) is 4.90 Å². The van der Waals surface area contributed by atoms with E-state index in [2.05, 4.69) is 5.32 Å². The quantitative estimate of drug-likeness (QED) is 0.756. The normalized spacial score (nSPS) is 18.5. The van der Waals surface area contributed by atoms with Crippen LogP contribution in [-0.4, -0.2) is 60.9 Å². The Balaban J connectivity index is 2.43. The number of halogens is 2. The number of phenolic OH excluding ortho intramolecular Hbond substituents is 1. The molecule has 1 heterocycles. The molecule has 1 aromatic rings. The molecule has 1 saturated heterocycles. The Morgan fingerprint density at radius 2 is 2.05 bits per heavy atom. The minimum Gasteiger partial charge on any atom is -0.508 e. The van der Waals surface area contributed by atoms with Crippen molar-refractivity contribution in [2.75, 3.05) is 39.9 Å². The lowest BCUT2D eigenvalue weighted by Gasteiger charge is -2.39. The predicted molar refractivity (Wildman–Crippen MR) is 73.9 cm³/mol. The molecule has 3 N–H and O–H groups in total. The van der Waals surface area contributed by atoms with Crippen LogP contribution in [0.4, 0.5) is 8.78 Å². The number of nitrogens with zero attached hydrogens (tertiary/aromatic N) is 1. The molecule has 0 amide bonds. The Hall–Kier alpha value is -1.44. The van der Waals surface area contributed by atoms with Gasteiger partial charge in [0.15, 0.2) is 0 Å². The molecule has 1 aliphatic heterocycles. The van der Waals surface area contributed by atoms with Crippen LogP contribution >= 0.6 is 0 Å². The second-order valence-corrected chi connectivity index (χ2v) is 5.03. The number of benzene rings is 1. The minimum absolute atomic E-state index is 0.0651. The lowest BCUT2D eigenvalue weighted by Crippen LogP contribution is -2.51. The van der Waals surface area contributed by atoms with E-state index in [1.807, 2.05) is 0 Å². The van der Waals surface area contributed by atoms with Gasteiger partial charge >= 0.3 is 0 Å². The summed E-state index contributed by atoms with van der Waals surface area (Å²) in [4.78, 5) is 1.57. The van der Waals surface area contributed by atoms with Crippen LogP contribution in [0.1, 0.15) is 11.6 Å². The van der Waals surface area contributed by atoms with Crippen molar-refractivity contribution in [1.82, 2.24) is 10.2 Å². The van der Waals surface area contributed by atoms with Crippen molar-refractivity contribution in [3.05, 3.63) is 23.8 Å². The minimum atomic E-state index is -3.36. The van der Waals surface area contributed by atoms with Crippen LogP contribution < -0.4 is 10.1 Å². The Morgan fingerprint density at radius 1 is 1.38 bits per heavy atom. The Labute approximate surface area is 122 Å². The zero-order valence-electron chi connectivity index (χ0n) is 11.9. The van der Waals surface area contributed by atoms with E-state index in [-0.39, 0.29) is 11.3 Å². The lowest BCUT2D eigenvalue weighted by molar-refractivity contribution is -0.119. The molecule has 1 aromatic carbocycles. The number of piperazine rings is 1. The molecule has 1 fully saturated rings. The van der Waals surface area contributed by atoms with E-state index in [9.17, 15) is 13.9 Å². The number of phenols is 1. The third-order valence-corrected chi connectivity index (χ3v) is 3.66. The molecule has 0 radical (unpaired) electrons. The largest absolute Gasteiger partial charge is 0.508 e. The van der Waals surface area contributed by atoms with Gasteiger partial charge in [-0.3, -0.25) is 4.90 Å². The van der Waals surface area contributed by atoms with Crippen molar-refractivity contribution in [1.29, 1.82) is 0 Å². The molecule has 21 heavy (non-hydrogen) atoms. The van der Waals surface area contributed by atoms with Crippen LogP contribution in [0, 0.1) is 0 Å². The molecule has 0 aliphatic carbocycles. The van der Waals surface area contributed by atoms with Gasteiger partial charge in [-0.1, -0.05) is 0 Å². The topological polar surface area (TPSA) is 65.0 Å². The number of hydrogen-bond donors (Lipinski definition) is 3. The number of aromatic hydroxyl groups is 1. The average molecular weight is 302 g/mol. The third-order valence-electron chi connectivity index (χ3n) is 3.66. The maximum Gasteiger partial charge on any atom is 0.290 e. The van der Waals surface area contributed by atoms with Crippen LogP contribution in [0.2, 0.25) is 0 Å². The molecule has 1 atom stereocenters. The number of nitrogens with one attached hydrogen (secondary N) is 1. The summed E-state index contributed by atoms with van der Waals surface area (Å²) in [6.07, 6.45) is 0. The highest BCUT2D eigenvalue weighted by Crippen LogP contribution is 2.41. The van der Waals surface area contributed by atoms with Crippen LogP contribution in [0.25, 0.3) is 0 Å². The van der Waals surface area contributed by atoms with Gasteiger partial charge in [-0.2, -0.15) is 0 Å². The molecule has 7 heteroatoms. The standard InChI is InChI=1S/C14H20F2N2O3/c1-21-10-2-3-12(20)11(8-10)13(14(15,16)9-19)18-6-4-17-5-7-18/h2-3,8,13,17,19-20H,4-7,9H2,1H3/t13-/m1/s1. The summed E-state index contributed by atoms with van der Waals surface area (Å²) in [7, 11) is 1.43. The SMILES string of the molecule is COc1ccc(O)c([C@@H](N2CCNCC2)C(F)(F)CO)c1. The van der Waals surface area contributed by atoms with Gasteiger partial charge in [0, 0.05) is 31.7 Å². The molecule has 0 unspecified atom stereocenters. The predicted octanol–water partition coefficient (Wildman–Crippen LogP) is 0.975. The van der Waals surface area contributed by atoms with E-state index in [0.717, 1.165) is 0 Å². The van der Waals surface area contributed by atoms with E-state index in [4.69, 9.17) is 9.84 Å². The average Bonchev–Trinajstić information content (AvgIpc) is 2.50. The Morgan fingerprint density at radius 3 is 2.62 bits per heavy atom. The molecule has 2 rings (SSSR count). The van der Waals surface area contributed by atoms with E-state index >= 15 is 0 Å². The number of rotatable bonds is 5. The molecule has 5 nitrogen and oxygen atoms in total. The summed E-state index contributed by atoms with van der Waals surface area (Å²) in [5.41, 5.74) is 0.0651. The number of aliphatic hydroxyl groups is 1. The number of alkyl halides is 2. The fourth-order valence-electron chi connectivity index (χ4n) is 2.60. The van der Waals surface area contributed by atoms with Gasteiger partial charge in [0.2, 0.25) is 0 Å². The van der Waals surface area contributed by atoms with Gasteiger partial charge in [-0.25, -0.2) is 8.78 Å². The van der Waals surface area contributed by atoms with Crippen LogP contribution in [-0.2, 0) is 0 Å². The number of aliphatic hydroxyl groups excluding tert-OH is 1. The first-order valence-electron chi connectivity index (χ1n) is 6.80. The molecule has 0 bridgehead atoms. The van der Waals surface area contributed by atoms with E-state index in [0.29, 0.717) is 31.9 Å². The second kappa shape index (κ2) is 6.55. The fourth-order valence-corrected chi connectivity index (χ4v) is 2.60. The first-order chi connectivity index (χ1) is 9.99. The maximum atomic E-state index is 14.2. The highest BCUT2D eigenvalue weighted by molar-refractivity contribution is 5.42. The van der Waals surface area contributed by atoms with Gasteiger partial charge in [0.25, 0.3) is 5.92 Å². The number of methoxy groups -OCH3 is 1. The summed E-state index contributed by atoms with van der Waals surface area (Å²) in [5.74, 6) is -3.20. The monoisotopic (exact) mass is 302 g/mol. The lowest BCUT2D eigenvalue weighted by atomic mass is 9.97. The molecule has 118 valence electrons. The van der Waals surface area contributed by atoms with E-state index < -0.39 is 18.6 Å². The van der Waals surface area contributed by atoms with Crippen molar-refractivity contribution in [2.24, 2.45) is 0 Å². The van der Waals surface area contributed by atoms with E-state index in [1.165, 1.54) is 25.3 Å². The molecule has 0 saturated carbocycles. The van der Waals surface area contributed by atoms with Gasteiger partial charge in [-0.15, -0.1) is 0 Å². The zero-order valence-corrected chi connectivity index (χ0v) is 11.9. The second-order valence-electron chi connectivity index (χ2n) is 5.03. The van der Waals surface area contributed by atoms with Crippen molar-refractivity contribution >= 4 is 0 Å². The molecule has 0 aromatic heterocycles. The third kappa shape index (κ3) is 3.42. The van der Waals surface area contributed by atoms with Gasteiger partial charge in [-0.05, 0) is 18.2 Å². The summed E-state index contributed by atoms with van der Waals surface area (Å²) >= 11 is 0. The molecule has 0 spiro atoms. The Kier molecular flexibility index (Phi) is 4.97. The van der Waals surface area contributed by atoms with Crippen molar-refractivity contribution in [3.8, 4) is 11.5 Å². The number of hydrogen-bond acceptors (Lipinski definition) is 5. The summed E-state index contributed by atoms with van der Waals surface area (Å²) < 4.78 is 33.5. The summed E-state index contributed by atoms with van der Waals surface area (Å²) in [6.45, 7) is 0.720. The van der Waals surface area contributed by atoms with Gasteiger partial charge in [0.1, 0.15) is 24.1 Å². The highest BCUT2D eigenvalue weighted by atomic mass is 19.3. The fraction of sp³-hybridized carbons (Fsp3) is 0.571. The summed E-state index contributed by atoms with van der Waals surface area (Å²) in [6, 6.07) is 2.84. The van der Waals surface area contributed by atoms with Gasteiger partial charge in [0.05, 0.1) is 7.11 Å². The Bertz CT molecular complexity index is 479. The first kappa shape index (κ1) is 15.9. The summed E-state index contributed by atoms with van der Waals surface area (Å²) in [5, 5.41) is 22.1. The molecular weight excluding hydrogens is 282 g/mol.